The summed E-state index contributed by atoms with van der Waals surface area (Å²) in [6.07, 6.45) is 9.73. The Labute approximate surface area is 153 Å². The second kappa shape index (κ2) is 6.34. The number of aryl methyl sites for hydroxylation is 2. The van der Waals surface area contributed by atoms with E-state index in [0.717, 1.165) is 44.5 Å². The van der Waals surface area contributed by atoms with E-state index in [1.54, 1.807) is 0 Å². The SMILES string of the molecule is Cn1ccc(C(=O)N[C@H]2CCC23CCN(C(=O)c2cccn2C)CC3)c1. The van der Waals surface area contributed by atoms with Crippen molar-refractivity contribution in [2.24, 2.45) is 19.5 Å². The van der Waals surface area contributed by atoms with Gasteiger partial charge in [0.15, 0.2) is 0 Å². The molecule has 2 fully saturated rings. The molecule has 2 aromatic rings. The minimum absolute atomic E-state index is 0.0111. The average Bonchev–Trinajstić information content (AvgIpc) is 3.26. The zero-order chi connectivity index (χ0) is 18.3. The molecule has 6 nitrogen and oxygen atoms in total. The van der Waals surface area contributed by atoms with Gasteiger partial charge in [0.2, 0.25) is 0 Å². The third kappa shape index (κ3) is 2.83. The number of nitrogens with zero attached hydrogens (tertiary/aromatic N) is 3. The fourth-order valence-corrected chi connectivity index (χ4v) is 4.40. The summed E-state index contributed by atoms with van der Waals surface area (Å²) >= 11 is 0. The van der Waals surface area contributed by atoms with Gasteiger partial charge in [-0.25, -0.2) is 0 Å². The third-order valence-corrected chi connectivity index (χ3v) is 6.28. The van der Waals surface area contributed by atoms with Crippen LogP contribution in [0.3, 0.4) is 0 Å². The second-order valence-electron chi connectivity index (χ2n) is 7.79. The molecule has 0 radical (unpaired) electrons. The van der Waals surface area contributed by atoms with Gasteiger partial charge in [-0.05, 0) is 49.3 Å². The van der Waals surface area contributed by atoms with E-state index in [0.29, 0.717) is 5.56 Å². The van der Waals surface area contributed by atoms with E-state index in [4.69, 9.17) is 0 Å². The van der Waals surface area contributed by atoms with Gasteiger partial charge in [-0.3, -0.25) is 9.59 Å². The zero-order valence-corrected chi connectivity index (χ0v) is 15.4. The Kier molecular flexibility index (Phi) is 4.13. The lowest BCUT2D eigenvalue weighted by Crippen LogP contribution is -2.59. The highest BCUT2D eigenvalue weighted by Crippen LogP contribution is 2.49. The number of piperidine rings is 1. The second-order valence-corrected chi connectivity index (χ2v) is 7.79. The van der Waals surface area contributed by atoms with Crippen molar-refractivity contribution in [3.8, 4) is 0 Å². The molecule has 1 spiro atoms. The highest BCUT2D eigenvalue weighted by atomic mass is 16.2. The molecule has 6 heteroatoms. The standard InChI is InChI=1S/C20H26N4O2/c1-22-11-6-15(14-22)18(25)21-17-5-7-20(17)8-12-24(13-9-20)19(26)16-4-3-10-23(16)2/h3-4,6,10-11,14,17H,5,7-9,12-13H2,1-2H3,(H,21,25)/t17-/m0/s1. The van der Waals surface area contributed by atoms with E-state index < -0.39 is 0 Å². The molecular weight excluding hydrogens is 328 g/mol. The van der Waals surface area contributed by atoms with Crippen LogP contribution in [0, 0.1) is 5.41 Å². The summed E-state index contributed by atoms with van der Waals surface area (Å²) in [6, 6.07) is 5.85. The summed E-state index contributed by atoms with van der Waals surface area (Å²) in [6.45, 7) is 1.53. The van der Waals surface area contributed by atoms with Gasteiger partial charge in [-0.1, -0.05) is 0 Å². The maximum absolute atomic E-state index is 12.7. The lowest BCUT2D eigenvalue weighted by atomic mass is 9.59. The van der Waals surface area contributed by atoms with Crippen molar-refractivity contribution >= 4 is 11.8 Å². The number of nitrogens with one attached hydrogen (secondary N) is 1. The summed E-state index contributed by atoms with van der Waals surface area (Å²) in [5.74, 6) is 0.119. The summed E-state index contributed by atoms with van der Waals surface area (Å²) in [5.41, 5.74) is 1.62. The quantitative estimate of drug-likeness (QED) is 0.918. The lowest BCUT2D eigenvalue weighted by Gasteiger charge is -2.54. The number of hydrogen-bond donors (Lipinski definition) is 1. The molecule has 138 valence electrons. The molecule has 3 heterocycles. The van der Waals surface area contributed by atoms with Crippen LogP contribution in [-0.2, 0) is 14.1 Å². The van der Waals surface area contributed by atoms with E-state index >= 15 is 0 Å². The lowest BCUT2D eigenvalue weighted by molar-refractivity contribution is -0.00258. The zero-order valence-electron chi connectivity index (χ0n) is 15.4. The van der Waals surface area contributed by atoms with Crippen LogP contribution in [0.2, 0.25) is 0 Å². The fraction of sp³-hybridized carbons (Fsp3) is 0.500. The predicted octanol–water partition coefficient (Wildman–Crippen LogP) is 2.18. The number of hydrogen-bond acceptors (Lipinski definition) is 2. The topological polar surface area (TPSA) is 59.3 Å². The van der Waals surface area contributed by atoms with Crippen LogP contribution in [0.15, 0.2) is 36.8 Å². The molecule has 1 saturated carbocycles. The predicted molar refractivity (Wildman–Crippen MR) is 98.9 cm³/mol. The van der Waals surface area contributed by atoms with Gasteiger partial charge in [-0.2, -0.15) is 0 Å². The van der Waals surface area contributed by atoms with E-state index in [2.05, 4.69) is 5.32 Å². The fourth-order valence-electron chi connectivity index (χ4n) is 4.40. The molecule has 2 aromatic heterocycles. The molecule has 1 aliphatic heterocycles. The van der Waals surface area contributed by atoms with Crippen LogP contribution >= 0.6 is 0 Å². The largest absolute Gasteiger partial charge is 0.356 e. The van der Waals surface area contributed by atoms with E-state index in [1.165, 1.54) is 0 Å². The molecule has 2 aliphatic rings. The average molecular weight is 354 g/mol. The van der Waals surface area contributed by atoms with Crippen molar-refractivity contribution < 1.29 is 9.59 Å². The van der Waals surface area contributed by atoms with Crippen molar-refractivity contribution in [3.05, 3.63) is 48.0 Å². The summed E-state index contributed by atoms with van der Waals surface area (Å²) < 4.78 is 3.76. The first-order valence-electron chi connectivity index (χ1n) is 9.32. The molecule has 1 N–H and O–H groups in total. The van der Waals surface area contributed by atoms with Gasteiger partial charge in [0.05, 0.1) is 5.56 Å². The smallest absolute Gasteiger partial charge is 0.270 e. The number of rotatable bonds is 3. The van der Waals surface area contributed by atoms with Gasteiger partial charge < -0.3 is 19.4 Å². The van der Waals surface area contributed by atoms with Crippen molar-refractivity contribution in [2.45, 2.75) is 31.7 Å². The molecule has 26 heavy (non-hydrogen) atoms. The molecule has 1 atom stereocenters. The van der Waals surface area contributed by atoms with Crippen LogP contribution < -0.4 is 5.32 Å². The first kappa shape index (κ1) is 16.9. The molecular formula is C20H26N4O2. The van der Waals surface area contributed by atoms with Crippen molar-refractivity contribution in [2.75, 3.05) is 13.1 Å². The minimum Gasteiger partial charge on any atom is -0.356 e. The first-order valence-corrected chi connectivity index (χ1v) is 9.32. The van der Waals surface area contributed by atoms with Crippen LogP contribution in [0.1, 0.15) is 46.5 Å². The summed E-state index contributed by atoms with van der Waals surface area (Å²) in [4.78, 5) is 27.1. The normalized spacial score (nSPS) is 21.5. The number of carbonyl (C=O) groups excluding carboxylic acids is 2. The van der Waals surface area contributed by atoms with Gasteiger partial charge in [0, 0.05) is 51.8 Å². The van der Waals surface area contributed by atoms with Gasteiger partial charge in [-0.15, -0.1) is 0 Å². The Hall–Kier alpha value is -2.50. The van der Waals surface area contributed by atoms with Gasteiger partial charge in [0.25, 0.3) is 11.8 Å². The Morgan fingerprint density at radius 2 is 1.88 bits per heavy atom. The number of aromatic nitrogens is 2. The third-order valence-electron chi connectivity index (χ3n) is 6.28. The maximum Gasteiger partial charge on any atom is 0.270 e. The number of amides is 2. The van der Waals surface area contributed by atoms with Crippen LogP contribution in [0.5, 0.6) is 0 Å². The van der Waals surface area contributed by atoms with Gasteiger partial charge in [0.1, 0.15) is 5.69 Å². The molecule has 0 aromatic carbocycles. The molecule has 0 unspecified atom stereocenters. The number of carbonyl (C=O) groups is 2. The van der Waals surface area contributed by atoms with Crippen molar-refractivity contribution in [1.29, 1.82) is 0 Å². The molecule has 1 saturated heterocycles. The molecule has 0 bridgehead atoms. The molecule has 1 aliphatic carbocycles. The Bertz CT molecular complexity index is 826. The van der Waals surface area contributed by atoms with Crippen molar-refractivity contribution in [1.82, 2.24) is 19.4 Å². The summed E-state index contributed by atoms with van der Waals surface area (Å²) in [7, 11) is 3.82. The Balaban J connectivity index is 1.37. The van der Waals surface area contributed by atoms with Crippen molar-refractivity contribution in [3.63, 3.8) is 0 Å². The summed E-state index contributed by atoms with van der Waals surface area (Å²) in [5, 5.41) is 3.23. The minimum atomic E-state index is 0.0111. The van der Waals surface area contributed by atoms with E-state index in [1.807, 2.05) is 64.9 Å². The van der Waals surface area contributed by atoms with Gasteiger partial charge >= 0.3 is 0 Å². The molecule has 4 rings (SSSR count). The first-order chi connectivity index (χ1) is 12.5. The maximum atomic E-state index is 12.7. The number of likely N-dealkylation sites (tertiary alicyclic amines) is 1. The van der Waals surface area contributed by atoms with E-state index in [9.17, 15) is 9.59 Å². The highest BCUT2D eigenvalue weighted by molar-refractivity contribution is 5.94. The highest BCUT2D eigenvalue weighted by Gasteiger charge is 2.49. The Morgan fingerprint density at radius 1 is 1.12 bits per heavy atom. The van der Waals surface area contributed by atoms with Crippen LogP contribution in [0.4, 0.5) is 0 Å². The van der Waals surface area contributed by atoms with Crippen LogP contribution in [0.25, 0.3) is 0 Å². The van der Waals surface area contributed by atoms with E-state index in [-0.39, 0.29) is 23.3 Å². The molecule has 2 amide bonds. The Morgan fingerprint density at radius 3 is 2.42 bits per heavy atom. The monoisotopic (exact) mass is 354 g/mol. The van der Waals surface area contributed by atoms with Crippen LogP contribution in [-0.4, -0.2) is 45.0 Å².